The first-order valence-electron chi connectivity index (χ1n) is 8.13. The first-order chi connectivity index (χ1) is 11.9. The Hall–Kier alpha value is -2.95. The van der Waals surface area contributed by atoms with Crippen molar-refractivity contribution in [2.24, 2.45) is 0 Å². The van der Waals surface area contributed by atoms with Crippen molar-refractivity contribution in [1.82, 2.24) is 10.9 Å². The van der Waals surface area contributed by atoms with Crippen molar-refractivity contribution in [1.29, 1.82) is 0 Å². The van der Waals surface area contributed by atoms with E-state index in [1.54, 1.807) is 18.2 Å². The molecular formula is C20H22N2O3. The zero-order valence-electron chi connectivity index (χ0n) is 14.7. The molecule has 130 valence electrons. The van der Waals surface area contributed by atoms with Gasteiger partial charge in [0.25, 0.3) is 5.91 Å². The third kappa shape index (κ3) is 5.01. The molecule has 0 aliphatic rings. The van der Waals surface area contributed by atoms with Crippen LogP contribution >= 0.6 is 0 Å². The first kappa shape index (κ1) is 18.4. The SMILES string of the molecule is Cc1ccc(C(=O)CCC(=O)NNC(=O)c2ccccc2C)cc1C. The van der Waals surface area contributed by atoms with E-state index in [9.17, 15) is 14.4 Å². The normalized spacial score (nSPS) is 10.2. The second kappa shape index (κ2) is 8.24. The predicted molar refractivity (Wildman–Crippen MR) is 96.3 cm³/mol. The Morgan fingerprint density at radius 1 is 0.800 bits per heavy atom. The number of amides is 2. The molecule has 0 fully saturated rings. The molecule has 2 aromatic carbocycles. The lowest BCUT2D eigenvalue weighted by Gasteiger charge is -2.09. The molecule has 2 N–H and O–H groups in total. The van der Waals surface area contributed by atoms with Gasteiger partial charge >= 0.3 is 0 Å². The molecule has 25 heavy (non-hydrogen) atoms. The number of Topliss-reactive ketones (excluding diaryl/α,β-unsaturated/α-hetero) is 1. The van der Waals surface area contributed by atoms with E-state index in [1.165, 1.54) is 0 Å². The lowest BCUT2D eigenvalue weighted by molar-refractivity contribution is -0.121. The molecule has 0 saturated heterocycles. The van der Waals surface area contributed by atoms with Gasteiger partial charge in [-0.05, 0) is 49.6 Å². The van der Waals surface area contributed by atoms with Crippen molar-refractivity contribution in [3.63, 3.8) is 0 Å². The molecule has 0 aliphatic heterocycles. The highest BCUT2D eigenvalue weighted by molar-refractivity contribution is 5.99. The third-order valence-electron chi connectivity index (χ3n) is 4.11. The summed E-state index contributed by atoms with van der Waals surface area (Å²) in [4.78, 5) is 36.0. The van der Waals surface area contributed by atoms with Crippen molar-refractivity contribution in [2.75, 3.05) is 0 Å². The van der Waals surface area contributed by atoms with Crippen LogP contribution in [-0.4, -0.2) is 17.6 Å². The first-order valence-corrected chi connectivity index (χ1v) is 8.13. The summed E-state index contributed by atoms with van der Waals surface area (Å²) in [6.07, 6.45) is 0.106. The Labute approximate surface area is 147 Å². The van der Waals surface area contributed by atoms with Crippen LogP contribution in [0.1, 0.15) is 50.2 Å². The van der Waals surface area contributed by atoms with Gasteiger partial charge in [0.05, 0.1) is 0 Å². The summed E-state index contributed by atoms with van der Waals surface area (Å²) in [6.45, 7) is 5.74. The molecule has 0 aromatic heterocycles. The molecule has 0 heterocycles. The van der Waals surface area contributed by atoms with E-state index in [0.29, 0.717) is 11.1 Å². The third-order valence-corrected chi connectivity index (χ3v) is 4.11. The van der Waals surface area contributed by atoms with Crippen molar-refractivity contribution >= 4 is 17.6 Å². The largest absolute Gasteiger partial charge is 0.294 e. The van der Waals surface area contributed by atoms with Crippen LogP contribution in [0, 0.1) is 20.8 Å². The average molecular weight is 338 g/mol. The van der Waals surface area contributed by atoms with Gasteiger partial charge in [-0.3, -0.25) is 25.2 Å². The number of ketones is 1. The van der Waals surface area contributed by atoms with Crippen LogP contribution in [-0.2, 0) is 4.79 Å². The van der Waals surface area contributed by atoms with Crippen LogP contribution in [0.5, 0.6) is 0 Å². The Morgan fingerprint density at radius 2 is 1.52 bits per heavy atom. The summed E-state index contributed by atoms with van der Waals surface area (Å²) < 4.78 is 0. The molecule has 0 aliphatic carbocycles. The number of carbonyl (C=O) groups excluding carboxylic acids is 3. The zero-order valence-corrected chi connectivity index (χ0v) is 14.7. The van der Waals surface area contributed by atoms with E-state index in [1.807, 2.05) is 45.0 Å². The molecule has 2 aromatic rings. The minimum absolute atomic E-state index is 0.0137. The lowest BCUT2D eigenvalue weighted by Crippen LogP contribution is -2.41. The Morgan fingerprint density at radius 3 is 2.20 bits per heavy atom. The number of aryl methyl sites for hydroxylation is 3. The number of hydrogen-bond donors (Lipinski definition) is 2. The average Bonchev–Trinajstić information content (AvgIpc) is 2.60. The van der Waals surface area contributed by atoms with Gasteiger partial charge in [0.1, 0.15) is 0 Å². The lowest BCUT2D eigenvalue weighted by atomic mass is 10.0. The van der Waals surface area contributed by atoms with Crippen LogP contribution in [0.15, 0.2) is 42.5 Å². The predicted octanol–water partition coefficient (Wildman–Crippen LogP) is 3.04. The molecular weight excluding hydrogens is 316 g/mol. The zero-order chi connectivity index (χ0) is 18.4. The van der Waals surface area contributed by atoms with E-state index in [0.717, 1.165) is 16.7 Å². The van der Waals surface area contributed by atoms with Gasteiger partial charge in [0.15, 0.2) is 5.78 Å². The minimum atomic E-state index is -0.404. The summed E-state index contributed by atoms with van der Waals surface area (Å²) in [5.41, 5.74) is 8.79. The molecule has 0 spiro atoms. The van der Waals surface area contributed by atoms with Gasteiger partial charge in [-0.1, -0.05) is 30.3 Å². The molecule has 2 rings (SSSR count). The van der Waals surface area contributed by atoms with Crippen LogP contribution in [0.4, 0.5) is 0 Å². The van der Waals surface area contributed by atoms with E-state index in [-0.39, 0.29) is 24.5 Å². The van der Waals surface area contributed by atoms with Crippen LogP contribution < -0.4 is 10.9 Å². The van der Waals surface area contributed by atoms with Crippen molar-refractivity contribution in [3.8, 4) is 0 Å². The number of hydrogen-bond acceptors (Lipinski definition) is 3. The standard InChI is InChI=1S/C20H22N2O3/c1-13-8-9-16(12-15(13)3)18(23)10-11-19(24)21-22-20(25)17-7-5-4-6-14(17)2/h4-9,12H,10-11H2,1-3H3,(H,21,24)(H,22,25). The molecule has 0 saturated carbocycles. The molecule has 5 heteroatoms. The highest BCUT2D eigenvalue weighted by Crippen LogP contribution is 2.12. The summed E-state index contributed by atoms with van der Waals surface area (Å²) >= 11 is 0. The van der Waals surface area contributed by atoms with Crippen LogP contribution in [0.25, 0.3) is 0 Å². The number of carbonyl (C=O) groups is 3. The Bertz CT molecular complexity index is 812. The van der Waals surface area contributed by atoms with Gasteiger partial charge in [0, 0.05) is 24.0 Å². The van der Waals surface area contributed by atoms with Gasteiger partial charge in [0.2, 0.25) is 5.91 Å². The molecule has 0 radical (unpaired) electrons. The quantitative estimate of drug-likeness (QED) is 0.650. The molecule has 2 amide bonds. The van der Waals surface area contributed by atoms with Crippen LogP contribution in [0.2, 0.25) is 0 Å². The molecule has 0 atom stereocenters. The van der Waals surface area contributed by atoms with Gasteiger partial charge in [-0.25, -0.2) is 0 Å². The van der Waals surface area contributed by atoms with Gasteiger partial charge in [-0.2, -0.15) is 0 Å². The van der Waals surface area contributed by atoms with E-state index < -0.39 is 5.91 Å². The topological polar surface area (TPSA) is 75.3 Å². The fraction of sp³-hybridized carbons (Fsp3) is 0.250. The summed E-state index contributed by atoms with van der Waals surface area (Å²) in [7, 11) is 0. The monoisotopic (exact) mass is 338 g/mol. The summed E-state index contributed by atoms with van der Waals surface area (Å²) in [5.74, 6) is -0.880. The fourth-order valence-corrected chi connectivity index (χ4v) is 2.37. The van der Waals surface area contributed by atoms with Gasteiger partial charge < -0.3 is 0 Å². The Kier molecular flexibility index (Phi) is 6.06. The van der Waals surface area contributed by atoms with Crippen LogP contribution in [0.3, 0.4) is 0 Å². The highest BCUT2D eigenvalue weighted by Gasteiger charge is 2.12. The van der Waals surface area contributed by atoms with E-state index in [2.05, 4.69) is 10.9 Å². The van der Waals surface area contributed by atoms with Crippen molar-refractivity contribution in [3.05, 3.63) is 70.3 Å². The smallest absolute Gasteiger partial charge is 0.269 e. The number of benzene rings is 2. The van der Waals surface area contributed by atoms with Crippen molar-refractivity contribution in [2.45, 2.75) is 33.6 Å². The van der Waals surface area contributed by atoms with E-state index in [4.69, 9.17) is 0 Å². The maximum absolute atomic E-state index is 12.1. The maximum atomic E-state index is 12.1. The highest BCUT2D eigenvalue weighted by atomic mass is 16.2. The van der Waals surface area contributed by atoms with E-state index >= 15 is 0 Å². The second-order valence-electron chi connectivity index (χ2n) is 6.04. The molecule has 5 nitrogen and oxygen atoms in total. The second-order valence-corrected chi connectivity index (χ2v) is 6.04. The molecule has 0 unspecified atom stereocenters. The minimum Gasteiger partial charge on any atom is -0.294 e. The number of hydrazine groups is 1. The summed E-state index contributed by atoms with van der Waals surface area (Å²) in [5, 5.41) is 0. The molecule has 0 bridgehead atoms. The van der Waals surface area contributed by atoms with Crippen molar-refractivity contribution < 1.29 is 14.4 Å². The number of rotatable bonds is 5. The summed E-state index contributed by atoms with van der Waals surface area (Å²) in [6, 6.07) is 12.6. The maximum Gasteiger partial charge on any atom is 0.269 e. The fourth-order valence-electron chi connectivity index (χ4n) is 2.37. The Balaban J connectivity index is 1.82. The van der Waals surface area contributed by atoms with Gasteiger partial charge in [-0.15, -0.1) is 0 Å². The number of nitrogens with one attached hydrogen (secondary N) is 2.